The monoisotopic (exact) mass is 379 g/mol. The van der Waals surface area contributed by atoms with Crippen molar-refractivity contribution in [2.75, 3.05) is 5.73 Å². The van der Waals surface area contributed by atoms with E-state index in [1.807, 2.05) is 12.3 Å². The van der Waals surface area contributed by atoms with Gasteiger partial charge in [-0.2, -0.15) is 0 Å². The summed E-state index contributed by atoms with van der Waals surface area (Å²) in [5.74, 6) is -0.500. The summed E-state index contributed by atoms with van der Waals surface area (Å²) in [5, 5.41) is 12.7. The molecule has 0 aliphatic rings. The fourth-order valence-electron chi connectivity index (χ4n) is 3.30. The number of hydrogen-bond acceptors (Lipinski definition) is 6. The number of primary amides is 1. The average molecular weight is 379 g/mol. The zero-order valence-corrected chi connectivity index (χ0v) is 15.5. The van der Waals surface area contributed by atoms with Gasteiger partial charge in [0, 0.05) is 23.3 Å². The Balaban J connectivity index is 2.08. The molecule has 136 valence electrons. The fraction of sp³-hybridized carbons (Fsp3) is 0.105. The number of carbonyl (C=O) groups is 1. The van der Waals surface area contributed by atoms with E-state index >= 15 is 0 Å². The van der Waals surface area contributed by atoms with Gasteiger partial charge >= 0.3 is 0 Å². The van der Waals surface area contributed by atoms with E-state index < -0.39 is 5.91 Å². The van der Waals surface area contributed by atoms with Gasteiger partial charge in [-0.3, -0.25) is 9.20 Å². The molecule has 7 nitrogen and oxygen atoms in total. The second-order valence-electron chi connectivity index (χ2n) is 6.28. The van der Waals surface area contributed by atoms with Crippen molar-refractivity contribution in [2.24, 2.45) is 5.73 Å². The van der Waals surface area contributed by atoms with Gasteiger partial charge in [0.1, 0.15) is 27.8 Å². The first-order valence-corrected chi connectivity index (χ1v) is 9.07. The molecule has 0 saturated carbocycles. The number of benzene rings is 1. The number of nitrogens with two attached hydrogens (primary N) is 2. The van der Waals surface area contributed by atoms with Crippen LogP contribution in [-0.4, -0.2) is 25.4 Å². The molecular formula is C19H17N5O2S. The summed E-state index contributed by atoms with van der Waals surface area (Å²) in [4.78, 5) is 21.0. The number of aryl methyl sites for hydroxylation is 1. The molecule has 0 saturated heterocycles. The number of pyridine rings is 1. The molecule has 0 unspecified atom stereocenters. The van der Waals surface area contributed by atoms with E-state index in [4.69, 9.17) is 11.5 Å². The Morgan fingerprint density at radius 3 is 2.74 bits per heavy atom. The molecule has 0 atom stereocenters. The van der Waals surface area contributed by atoms with Gasteiger partial charge in [0.25, 0.3) is 5.91 Å². The first kappa shape index (κ1) is 17.0. The smallest absolute Gasteiger partial charge is 0.267 e. The molecule has 1 amide bonds. The number of carbonyl (C=O) groups excluding carboxylic acids is 1. The van der Waals surface area contributed by atoms with Crippen LogP contribution in [-0.2, 0) is 0 Å². The van der Waals surface area contributed by atoms with Crippen LogP contribution in [0.15, 0.2) is 36.0 Å². The minimum atomic E-state index is -0.655. The van der Waals surface area contributed by atoms with Gasteiger partial charge in [-0.25, -0.2) is 9.97 Å². The highest BCUT2D eigenvalue weighted by atomic mass is 32.1. The number of thiazole rings is 1. The van der Waals surface area contributed by atoms with Gasteiger partial charge in [0.05, 0.1) is 5.69 Å². The van der Waals surface area contributed by atoms with E-state index in [9.17, 15) is 9.90 Å². The molecule has 3 heterocycles. The predicted molar refractivity (Wildman–Crippen MR) is 106 cm³/mol. The van der Waals surface area contributed by atoms with Gasteiger partial charge in [0.2, 0.25) is 0 Å². The van der Waals surface area contributed by atoms with Crippen molar-refractivity contribution in [3.8, 4) is 27.6 Å². The topological polar surface area (TPSA) is 120 Å². The predicted octanol–water partition coefficient (Wildman–Crippen LogP) is 3.13. The lowest BCUT2D eigenvalue weighted by Gasteiger charge is -2.16. The number of phenolic OH excluding ortho intramolecular Hbond substituents is 1. The standard InChI is InChI=1S/C19H17N5O2S/c1-9-3-4-13(25)10(2)15(9)11-7-14-23-12(19-22-5-6-27-19)8-24(14)17(16(11)20)18(21)26/h3-8,25H,20H2,1-2H3,(H2,21,26). The van der Waals surface area contributed by atoms with Gasteiger partial charge in [0.15, 0.2) is 0 Å². The third kappa shape index (κ3) is 2.61. The molecule has 0 aliphatic heterocycles. The lowest BCUT2D eigenvalue weighted by Crippen LogP contribution is -2.18. The highest BCUT2D eigenvalue weighted by molar-refractivity contribution is 7.13. The fourth-order valence-corrected chi connectivity index (χ4v) is 3.89. The van der Waals surface area contributed by atoms with Crippen LogP contribution in [0.3, 0.4) is 0 Å². The molecular weight excluding hydrogens is 362 g/mol. The van der Waals surface area contributed by atoms with Gasteiger partial charge < -0.3 is 16.6 Å². The van der Waals surface area contributed by atoms with E-state index in [-0.39, 0.29) is 17.1 Å². The normalized spacial score (nSPS) is 11.2. The van der Waals surface area contributed by atoms with Crippen molar-refractivity contribution in [1.82, 2.24) is 14.4 Å². The lowest BCUT2D eigenvalue weighted by molar-refractivity contribution is 0.0995. The summed E-state index contributed by atoms with van der Waals surface area (Å²) < 4.78 is 1.59. The first-order chi connectivity index (χ1) is 12.9. The molecule has 27 heavy (non-hydrogen) atoms. The number of rotatable bonds is 3. The van der Waals surface area contributed by atoms with Crippen molar-refractivity contribution >= 4 is 28.6 Å². The lowest BCUT2D eigenvalue weighted by atomic mass is 9.93. The third-order valence-corrected chi connectivity index (χ3v) is 5.39. The molecule has 4 rings (SSSR count). The number of phenols is 1. The number of imidazole rings is 1. The van der Waals surface area contributed by atoms with Crippen LogP contribution in [0.5, 0.6) is 5.75 Å². The molecule has 0 aliphatic carbocycles. The van der Waals surface area contributed by atoms with Crippen molar-refractivity contribution in [2.45, 2.75) is 13.8 Å². The number of nitrogens with zero attached hydrogens (tertiary/aromatic N) is 3. The number of aromatic hydroxyl groups is 1. The van der Waals surface area contributed by atoms with Crippen molar-refractivity contribution in [3.63, 3.8) is 0 Å². The largest absolute Gasteiger partial charge is 0.508 e. The summed E-state index contributed by atoms with van der Waals surface area (Å²) in [6.07, 6.45) is 3.40. The second kappa shape index (κ2) is 6.10. The summed E-state index contributed by atoms with van der Waals surface area (Å²) >= 11 is 1.45. The minimum Gasteiger partial charge on any atom is -0.508 e. The van der Waals surface area contributed by atoms with Crippen LogP contribution in [0, 0.1) is 13.8 Å². The number of aromatic nitrogens is 3. The molecule has 4 aromatic rings. The van der Waals surface area contributed by atoms with Crippen molar-refractivity contribution in [1.29, 1.82) is 0 Å². The maximum absolute atomic E-state index is 12.2. The number of fused-ring (bicyclic) bond motifs is 1. The quantitative estimate of drug-likeness (QED) is 0.505. The maximum Gasteiger partial charge on any atom is 0.267 e. The van der Waals surface area contributed by atoms with E-state index in [0.717, 1.165) is 16.1 Å². The Bertz CT molecular complexity index is 1200. The zero-order chi connectivity index (χ0) is 19.3. The molecule has 3 aromatic heterocycles. The van der Waals surface area contributed by atoms with Gasteiger partial charge in [-0.15, -0.1) is 11.3 Å². The SMILES string of the molecule is Cc1ccc(O)c(C)c1-c1cc2nc(-c3nccs3)cn2c(C(N)=O)c1N. The third-order valence-electron chi connectivity index (χ3n) is 4.59. The number of amides is 1. The maximum atomic E-state index is 12.2. The molecule has 8 heteroatoms. The van der Waals surface area contributed by atoms with Crippen LogP contribution in [0.4, 0.5) is 5.69 Å². The number of anilines is 1. The van der Waals surface area contributed by atoms with E-state index in [1.165, 1.54) is 11.3 Å². The van der Waals surface area contributed by atoms with E-state index in [1.54, 1.807) is 41.9 Å². The second-order valence-corrected chi connectivity index (χ2v) is 7.17. The van der Waals surface area contributed by atoms with Crippen molar-refractivity contribution < 1.29 is 9.90 Å². The Kier molecular flexibility index (Phi) is 3.85. The minimum absolute atomic E-state index is 0.153. The molecule has 0 fully saturated rings. The van der Waals surface area contributed by atoms with Crippen LogP contribution >= 0.6 is 11.3 Å². The van der Waals surface area contributed by atoms with E-state index in [2.05, 4.69) is 9.97 Å². The Morgan fingerprint density at radius 2 is 2.07 bits per heavy atom. The zero-order valence-electron chi connectivity index (χ0n) is 14.7. The number of hydrogen-bond donors (Lipinski definition) is 3. The van der Waals surface area contributed by atoms with Crippen LogP contribution < -0.4 is 11.5 Å². The molecule has 5 N–H and O–H groups in total. The van der Waals surface area contributed by atoms with Crippen molar-refractivity contribution in [3.05, 3.63) is 52.8 Å². The van der Waals surface area contributed by atoms with Crippen LogP contribution in [0.1, 0.15) is 21.6 Å². The van der Waals surface area contributed by atoms with Gasteiger partial charge in [-0.05, 0) is 42.7 Å². The highest BCUT2D eigenvalue weighted by Crippen LogP contribution is 2.38. The Labute approximate surface area is 158 Å². The average Bonchev–Trinajstić information content (AvgIpc) is 3.27. The number of nitrogen functional groups attached to an aromatic ring is 1. The van der Waals surface area contributed by atoms with Gasteiger partial charge in [-0.1, -0.05) is 6.07 Å². The summed E-state index contributed by atoms with van der Waals surface area (Å²) in [5.41, 5.74) is 16.5. The highest BCUT2D eigenvalue weighted by Gasteiger charge is 2.21. The summed E-state index contributed by atoms with van der Waals surface area (Å²) in [7, 11) is 0. The van der Waals surface area contributed by atoms with E-state index in [0.29, 0.717) is 22.5 Å². The molecule has 0 spiro atoms. The van der Waals surface area contributed by atoms with Crippen LogP contribution in [0.2, 0.25) is 0 Å². The Hall–Kier alpha value is -3.39. The van der Waals surface area contributed by atoms with Crippen LogP contribution in [0.25, 0.3) is 27.5 Å². The Morgan fingerprint density at radius 1 is 1.30 bits per heavy atom. The molecule has 0 bridgehead atoms. The first-order valence-electron chi connectivity index (χ1n) is 8.19. The summed E-state index contributed by atoms with van der Waals surface area (Å²) in [6.45, 7) is 3.72. The summed E-state index contributed by atoms with van der Waals surface area (Å²) in [6, 6.07) is 5.24. The molecule has 1 aromatic carbocycles. The molecule has 0 radical (unpaired) electrons.